The fourth-order valence-electron chi connectivity index (χ4n) is 4.36. The molecular weight excluding hydrogens is 478 g/mol. The minimum absolute atomic E-state index is 0.0994. The van der Waals surface area contributed by atoms with Crippen LogP contribution in [0.15, 0.2) is 59.5 Å². The Morgan fingerprint density at radius 2 is 1.89 bits per heavy atom. The van der Waals surface area contributed by atoms with Crippen molar-refractivity contribution < 1.29 is 8.42 Å². The van der Waals surface area contributed by atoms with Crippen LogP contribution in [0.3, 0.4) is 0 Å². The Hall–Kier alpha value is -3.96. The molecule has 0 spiro atoms. The predicted octanol–water partition coefficient (Wildman–Crippen LogP) is 2.99. The molecule has 0 unspecified atom stereocenters. The number of nitrogens with one attached hydrogen (secondary N) is 3. The van der Waals surface area contributed by atoms with Gasteiger partial charge in [-0.25, -0.2) is 18.1 Å². The van der Waals surface area contributed by atoms with Crippen molar-refractivity contribution in [3.8, 4) is 0 Å². The third kappa shape index (κ3) is 4.50. The van der Waals surface area contributed by atoms with Crippen molar-refractivity contribution in [3.63, 3.8) is 0 Å². The number of para-hydroxylation sites is 1. The summed E-state index contributed by atoms with van der Waals surface area (Å²) in [4.78, 5) is 24.4. The maximum atomic E-state index is 13.4. The number of anilines is 5. The molecule has 2 aromatic heterocycles. The summed E-state index contributed by atoms with van der Waals surface area (Å²) < 4.78 is 27.3. The standard InChI is InChI=1S/C25H27N7O3S/c1-16-5-4-6-20-22(16)27-11-12-32(20)21-13-18-14-28-25(30-23(18)31(3)24(21)33)29-19-9-7-17(8-10-19)15-36(34,35)26-2/h4-10,13-14,26-27H,11-12,15H2,1-3H3,(H,28,29,30). The molecule has 10 nitrogen and oxygen atoms in total. The van der Waals surface area contributed by atoms with Crippen molar-refractivity contribution >= 4 is 49.8 Å². The molecule has 3 N–H and O–H groups in total. The summed E-state index contributed by atoms with van der Waals surface area (Å²) in [5.41, 5.74) is 5.46. The molecule has 186 valence electrons. The van der Waals surface area contributed by atoms with E-state index in [9.17, 15) is 13.2 Å². The molecule has 36 heavy (non-hydrogen) atoms. The first-order valence-corrected chi connectivity index (χ1v) is 13.2. The van der Waals surface area contributed by atoms with E-state index >= 15 is 0 Å². The second-order valence-corrected chi connectivity index (χ2v) is 10.6. The predicted molar refractivity (Wildman–Crippen MR) is 143 cm³/mol. The van der Waals surface area contributed by atoms with Crippen molar-refractivity contribution in [3.05, 3.63) is 76.2 Å². The van der Waals surface area contributed by atoms with Crippen LogP contribution in [0.1, 0.15) is 11.1 Å². The smallest absolute Gasteiger partial charge is 0.275 e. The number of benzene rings is 2. The van der Waals surface area contributed by atoms with E-state index in [1.165, 1.54) is 7.05 Å². The lowest BCUT2D eigenvalue weighted by Gasteiger charge is -2.32. The first-order valence-electron chi connectivity index (χ1n) is 11.5. The molecule has 0 amide bonds. The number of hydrogen-bond acceptors (Lipinski definition) is 8. The summed E-state index contributed by atoms with van der Waals surface area (Å²) in [5, 5.41) is 7.30. The number of pyridine rings is 1. The highest BCUT2D eigenvalue weighted by atomic mass is 32.2. The minimum atomic E-state index is -3.34. The van der Waals surface area contributed by atoms with Gasteiger partial charge in [-0.3, -0.25) is 9.36 Å². The van der Waals surface area contributed by atoms with E-state index in [2.05, 4.69) is 25.3 Å². The van der Waals surface area contributed by atoms with E-state index in [0.29, 0.717) is 35.1 Å². The lowest BCUT2D eigenvalue weighted by Crippen LogP contribution is -2.35. The lowest BCUT2D eigenvalue weighted by molar-refractivity contribution is 0.587. The fourth-order valence-corrected chi connectivity index (χ4v) is 5.13. The van der Waals surface area contributed by atoms with Crippen LogP contribution in [0.2, 0.25) is 0 Å². The number of sulfonamides is 1. The maximum Gasteiger partial charge on any atom is 0.275 e. The van der Waals surface area contributed by atoms with Gasteiger partial charge in [0, 0.05) is 37.4 Å². The van der Waals surface area contributed by atoms with Gasteiger partial charge in [-0.1, -0.05) is 24.3 Å². The first kappa shape index (κ1) is 23.8. The molecule has 0 radical (unpaired) electrons. The summed E-state index contributed by atoms with van der Waals surface area (Å²) in [7, 11) is -0.242. The number of aryl methyl sites for hydroxylation is 2. The Balaban J connectivity index is 1.45. The van der Waals surface area contributed by atoms with Gasteiger partial charge in [0.1, 0.15) is 11.3 Å². The van der Waals surface area contributed by atoms with Gasteiger partial charge in [-0.2, -0.15) is 4.98 Å². The molecule has 0 atom stereocenters. The van der Waals surface area contributed by atoms with E-state index in [-0.39, 0.29) is 11.3 Å². The van der Waals surface area contributed by atoms with Crippen molar-refractivity contribution in [1.29, 1.82) is 0 Å². The van der Waals surface area contributed by atoms with Gasteiger partial charge >= 0.3 is 0 Å². The highest BCUT2D eigenvalue weighted by Crippen LogP contribution is 2.36. The topological polar surface area (TPSA) is 121 Å². The number of aromatic nitrogens is 3. The molecule has 1 aliphatic heterocycles. The van der Waals surface area contributed by atoms with Gasteiger partial charge in [0.05, 0.1) is 17.1 Å². The average Bonchev–Trinajstić information content (AvgIpc) is 2.87. The first-order chi connectivity index (χ1) is 17.3. The van der Waals surface area contributed by atoms with Gasteiger partial charge in [0.15, 0.2) is 0 Å². The molecule has 4 aromatic rings. The summed E-state index contributed by atoms with van der Waals surface area (Å²) >= 11 is 0. The highest BCUT2D eigenvalue weighted by molar-refractivity contribution is 7.88. The molecule has 1 aliphatic rings. The third-order valence-electron chi connectivity index (χ3n) is 6.28. The van der Waals surface area contributed by atoms with Gasteiger partial charge in [0.25, 0.3) is 5.56 Å². The quantitative estimate of drug-likeness (QED) is 0.366. The number of nitrogens with zero attached hydrogens (tertiary/aromatic N) is 4. The third-order valence-corrected chi connectivity index (χ3v) is 7.61. The molecule has 0 saturated carbocycles. The van der Waals surface area contributed by atoms with Crippen LogP contribution in [0.5, 0.6) is 0 Å². The van der Waals surface area contributed by atoms with Crippen LogP contribution in [-0.2, 0) is 22.8 Å². The molecular formula is C25H27N7O3S. The van der Waals surface area contributed by atoms with Crippen LogP contribution in [0, 0.1) is 6.92 Å². The van der Waals surface area contributed by atoms with E-state index < -0.39 is 10.0 Å². The largest absolute Gasteiger partial charge is 0.381 e. The second kappa shape index (κ2) is 9.25. The SMILES string of the molecule is CNS(=O)(=O)Cc1ccc(Nc2ncc3cc(N4CCNc5c(C)cccc54)c(=O)n(C)c3n2)cc1. The summed E-state index contributed by atoms with van der Waals surface area (Å²) in [6, 6.07) is 14.9. The van der Waals surface area contributed by atoms with Crippen LogP contribution in [0.4, 0.5) is 28.7 Å². The summed E-state index contributed by atoms with van der Waals surface area (Å²) in [6.07, 6.45) is 1.70. The molecule has 0 aliphatic carbocycles. The van der Waals surface area contributed by atoms with E-state index in [1.807, 2.05) is 36.1 Å². The van der Waals surface area contributed by atoms with Crippen molar-refractivity contribution in [2.45, 2.75) is 12.7 Å². The van der Waals surface area contributed by atoms with E-state index in [0.717, 1.165) is 28.9 Å². The molecule has 2 aromatic carbocycles. The average molecular weight is 506 g/mol. The zero-order chi connectivity index (χ0) is 25.4. The Bertz CT molecular complexity index is 1620. The monoisotopic (exact) mass is 505 g/mol. The van der Waals surface area contributed by atoms with Gasteiger partial charge in [-0.15, -0.1) is 0 Å². The Morgan fingerprint density at radius 1 is 1.11 bits per heavy atom. The highest BCUT2D eigenvalue weighted by Gasteiger charge is 2.23. The van der Waals surface area contributed by atoms with Gasteiger partial charge < -0.3 is 15.5 Å². The minimum Gasteiger partial charge on any atom is -0.381 e. The van der Waals surface area contributed by atoms with Crippen LogP contribution in [-0.4, -0.2) is 43.1 Å². The molecule has 11 heteroatoms. The zero-order valence-electron chi connectivity index (χ0n) is 20.2. The maximum absolute atomic E-state index is 13.4. The molecule has 5 rings (SSSR count). The summed E-state index contributed by atoms with van der Waals surface area (Å²) in [5.74, 6) is 0.238. The Labute approximate surface area is 209 Å². The number of fused-ring (bicyclic) bond motifs is 2. The zero-order valence-corrected chi connectivity index (χ0v) is 21.1. The molecule has 3 heterocycles. The second-order valence-electron chi connectivity index (χ2n) is 8.70. The van der Waals surface area contributed by atoms with E-state index in [1.54, 1.807) is 42.1 Å². The van der Waals surface area contributed by atoms with Crippen LogP contribution in [0.25, 0.3) is 11.0 Å². The molecule has 0 fully saturated rings. The lowest BCUT2D eigenvalue weighted by atomic mass is 10.1. The van der Waals surface area contributed by atoms with Crippen molar-refractivity contribution in [2.24, 2.45) is 7.05 Å². The molecule has 0 saturated heterocycles. The molecule has 0 bridgehead atoms. The van der Waals surface area contributed by atoms with E-state index in [4.69, 9.17) is 0 Å². The van der Waals surface area contributed by atoms with Crippen molar-refractivity contribution in [2.75, 3.05) is 35.7 Å². The normalized spacial score (nSPS) is 13.4. The van der Waals surface area contributed by atoms with Crippen LogP contribution >= 0.6 is 0 Å². The Morgan fingerprint density at radius 3 is 2.64 bits per heavy atom. The number of rotatable bonds is 6. The van der Waals surface area contributed by atoms with Crippen LogP contribution < -0.4 is 25.8 Å². The van der Waals surface area contributed by atoms with Crippen molar-refractivity contribution in [1.82, 2.24) is 19.3 Å². The van der Waals surface area contributed by atoms with Gasteiger partial charge in [-0.05, 0) is 49.4 Å². The fraction of sp³-hybridized carbons (Fsp3) is 0.240. The Kier molecular flexibility index (Phi) is 6.10. The number of hydrogen-bond donors (Lipinski definition) is 3. The summed E-state index contributed by atoms with van der Waals surface area (Å²) in [6.45, 7) is 3.45. The van der Waals surface area contributed by atoms with Gasteiger partial charge in [0.2, 0.25) is 16.0 Å².